The highest BCUT2D eigenvalue weighted by atomic mass is 79.9. The summed E-state index contributed by atoms with van der Waals surface area (Å²) < 4.78 is 22.2. The molecule has 2 aromatic carbocycles. The molecule has 1 aliphatic heterocycles. The summed E-state index contributed by atoms with van der Waals surface area (Å²) in [6, 6.07) is 8.34. The van der Waals surface area contributed by atoms with E-state index in [4.69, 9.17) is 18.9 Å². The van der Waals surface area contributed by atoms with Crippen LogP contribution in [0.25, 0.3) is 0 Å². The van der Waals surface area contributed by atoms with E-state index in [1.54, 1.807) is 37.4 Å². The molecule has 31 heavy (non-hydrogen) atoms. The molecule has 0 aliphatic carbocycles. The summed E-state index contributed by atoms with van der Waals surface area (Å²) in [6.07, 6.45) is 2.34. The molecule has 0 radical (unpaired) electrons. The summed E-state index contributed by atoms with van der Waals surface area (Å²) in [4.78, 5) is 24.2. The number of benzene rings is 2. The second-order valence-electron chi connectivity index (χ2n) is 6.43. The minimum atomic E-state index is -0.473. The summed E-state index contributed by atoms with van der Waals surface area (Å²) in [7, 11) is 1.55. The van der Waals surface area contributed by atoms with Crippen molar-refractivity contribution < 1.29 is 28.5 Å². The lowest BCUT2D eigenvalue weighted by Gasteiger charge is -2.12. The van der Waals surface area contributed by atoms with Crippen molar-refractivity contribution in [1.82, 2.24) is 10.7 Å². The molecule has 0 saturated carbocycles. The number of ether oxygens (including phenoxy) is 4. The first-order valence-corrected chi connectivity index (χ1v) is 10.3. The molecule has 0 spiro atoms. The van der Waals surface area contributed by atoms with Gasteiger partial charge in [0.2, 0.25) is 6.79 Å². The van der Waals surface area contributed by atoms with Crippen LogP contribution < -0.4 is 29.7 Å². The van der Waals surface area contributed by atoms with Gasteiger partial charge < -0.3 is 24.3 Å². The first kappa shape index (κ1) is 22.4. The van der Waals surface area contributed by atoms with Crippen LogP contribution in [-0.4, -0.2) is 45.1 Å². The van der Waals surface area contributed by atoms with E-state index in [2.05, 4.69) is 31.8 Å². The molecule has 0 saturated heterocycles. The van der Waals surface area contributed by atoms with Gasteiger partial charge in [0.1, 0.15) is 0 Å². The van der Waals surface area contributed by atoms with E-state index < -0.39 is 11.8 Å². The number of hydrogen-bond donors (Lipinski definition) is 2. The van der Waals surface area contributed by atoms with E-state index in [9.17, 15) is 9.59 Å². The smallest absolute Gasteiger partial charge is 0.259 e. The third-order valence-electron chi connectivity index (χ3n) is 4.15. The molecule has 2 amide bonds. The van der Waals surface area contributed by atoms with Crippen LogP contribution in [0, 0.1) is 0 Å². The van der Waals surface area contributed by atoms with Crippen molar-refractivity contribution >= 4 is 34.0 Å². The third-order valence-corrected chi connectivity index (χ3v) is 4.74. The SMILES string of the molecule is CCCOc1c(Br)cc(C=NNC(=O)CNC(=O)c2ccc3c(c2)OCO3)cc1OC. The summed E-state index contributed by atoms with van der Waals surface area (Å²) in [5.74, 6) is 1.35. The summed E-state index contributed by atoms with van der Waals surface area (Å²) in [5.41, 5.74) is 3.42. The Kier molecular flexibility index (Phi) is 7.71. The normalized spacial score (nSPS) is 12.0. The number of nitrogens with one attached hydrogen (secondary N) is 2. The second-order valence-corrected chi connectivity index (χ2v) is 7.28. The predicted molar refractivity (Wildman–Crippen MR) is 117 cm³/mol. The van der Waals surface area contributed by atoms with Crippen LogP contribution in [0.15, 0.2) is 39.9 Å². The molecule has 0 fully saturated rings. The van der Waals surface area contributed by atoms with Crippen LogP contribution in [0.3, 0.4) is 0 Å². The Labute approximate surface area is 187 Å². The number of amides is 2. The highest BCUT2D eigenvalue weighted by Gasteiger charge is 2.16. The van der Waals surface area contributed by atoms with E-state index >= 15 is 0 Å². The number of carbonyl (C=O) groups is 2. The van der Waals surface area contributed by atoms with Gasteiger partial charge in [-0.05, 0) is 58.2 Å². The van der Waals surface area contributed by atoms with Gasteiger partial charge in [-0.25, -0.2) is 5.43 Å². The largest absolute Gasteiger partial charge is 0.493 e. The van der Waals surface area contributed by atoms with Gasteiger partial charge in [-0.2, -0.15) is 5.10 Å². The van der Waals surface area contributed by atoms with Gasteiger partial charge in [-0.3, -0.25) is 9.59 Å². The Balaban J connectivity index is 1.52. The van der Waals surface area contributed by atoms with Crippen molar-refractivity contribution in [3.05, 3.63) is 45.9 Å². The minimum absolute atomic E-state index is 0.123. The number of halogens is 1. The predicted octanol–water partition coefficient (Wildman–Crippen LogP) is 2.86. The Morgan fingerprint density at radius 3 is 2.81 bits per heavy atom. The molecular weight excluding hydrogens is 470 g/mol. The van der Waals surface area contributed by atoms with Crippen LogP contribution in [0.4, 0.5) is 0 Å². The van der Waals surface area contributed by atoms with Gasteiger partial charge in [-0.1, -0.05) is 6.92 Å². The molecule has 3 rings (SSSR count). The molecular formula is C21H22BrN3O6. The zero-order chi connectivity index (χ0) is 22.2. The molecule has 164 valence electrons. The molecule has 0 aromatic heterocycles. The van der Waals surface area contributed by atoms with E-state index in [0.29, 0.717) is 45.2 Å². The van der Waals surface area contributed by atoms with Crippen LogP contribution in [0.5, 0.6) is 23.0 Å². The lowest BCUT2D eigenvalue weighted by Crippen LogP contribution is -2.34. The van der Waals surface area contributed by atoms with Crippen molar-refractivity contribution in [2.24, 2.45) is 5.10 Å². The average Bonchev–Trinajstić information content (AvgIpc) is 3.24. The minimum Gasteiger partial charge on any atom is -0.493 e. The fourth-order valence-electron chi connectivity index (χ4n) is 2.68. The molecule has 2 N–H and O–H groups in total. The molecule has 0 atom stereocenters. The number of carbonyl (C=O) groups excluding carboxylic acids is 2. The third kappa shape index (κ3) is 5.88. The van der Waals surface area contributed by atoms with Gasteiger partial charge in [-0.15, -0.1) is 0 Å². The van der Waals surface area contributed by atoms with Gasteiger partial charge >= 0.3 is 0 Å². The van der Waals surface area contributed by atoms with E-state index in [-0.39, 0.29) is 13.3 Å². The molecule has 9 nitrogen and oxygen atoms in total. The average molecular weight is 492 g/mol. The zero-order valence-electron chi connectivity index (χ0n) is 17.1. The summed E-state index contributed by atoms with van der Waals surface area (Å²) in [5, 5.41) is 6.45. The Morgan fingerprint density at radius 2 is 2.03 bits per heavy atom. The lowest BCUT2D eigenvalue weighted by molar-refractivity contribution is -0.120. The van der Waals surface area contributed by atoms with Crippen LogP contribution >= 0.6 is 15.9 Å². The Hall–Kier alpha value is -3.27. The van der Waals surface area contributed by atoms with Crippen molar-refractivity contribution in [3.63, 3.8) is 0 Å². The standard InChI is InChI=1S/C21H22BrN3O6/c1-3-6-29-20-15(22)7-13(8-18(20)28-2)10-24-25-19(26)11-23-21(27)14-4-5-16-17(9-14)31-12-30-16/h4-5,7-10H,3,6,11-12H2,1-2H3,(H,23,27)(H,25,26). The van der Waals surface area contributed by atoms with Crippen molar-refractivity contribution in [2.45, 2.75) is 13.3 Å². The Bertz CT molecular complexity index is 995. The molecule has 0 bridgehead atoms. The molecule has 1 heterocycles. The van der Waals surface area contributed by atoms with Crippen molar-refractivity contribution in [1.29, 1.82) is 0 Å². The van der Waals surface area contributed by atoms with Crippen molar-refractivity contribution in [2.75, 3.05) is 27.1 Å². The highest BCUT2D eigenvalue weighted by molar-refractivity contribution is 9.10. The fraction of sp³-hybridized carbons (Fsp3) is 0.286. The zero-order valence-corrected chi connectivity index (χ0v) is 18.7. The first-order valence-electron chi connectivity index (χ1n) is 9.52. The van der Waals surface area contributed by atoms with Crippen LogP contribution in [-0.2, 0) is 4.79 Å². The fourth-order valence-corrected chi connectivity index (χ4v) is 3.25. The Morgan fingerprint density at radius 1 is 1.23 bits per heavy atom. The van der Waals surface area contributed by atoms with E-state index in [0.717, 1.165) is 6.42 Å². The topological polar surface area (TPSA) is 107 Å². The van der Waals surface area contributed by atoms with E-state index in [1.165, 1.54) is 6.21 Å². The van der Waals surface area contributed by atoms with Crippen LogP contribution in [0.1, 0.15) is 29.3 Å². The lowest BCUT2D eigenvalue weighted by atomic mass is 10.2. The number of methoxy groups -OCH3 is 1. The highest BCUT2D eigenvalue weighted by Crippen LogP contribution is 2.36. The maximum atomic E-state index is 12.2. The number of hydrogen-bond acceptors (Lipinski definition) is 7. The summed E-state index contributed by atoms with van der Waals surface area (Å²) >= 11 is 3.45. The second kappa shape index (κ2) is 10.7. The quantitative estimate of drug-likeness (QED) is 0.412. The van der Waals surface area contributed by atoms with Crippen molar-refractivity contribution in [3.8, 4) is 23.0 Å². The summed E-state index contributed by atoms with van der Waals surface area (Å²) in [6.45, 7) is 2.47. The maximum Gasteiger partial charge on any atom is 0.259 e. The number of nitrogens with zero attached hydrogens (tertiary/aromatic N) is 1. The number of rotatable bonds is 9. The molecule has 10 heteroatoms. The number of fused-ring (bicyclic) bond motifs is 1. The maximum absolute atomic E-state index is 12.2. The number of hydrazone groups is 1. The molecule has 1 aliphatic rings. The van der Waals surface area contributed by atoms with E-state index in [1.807, 2.05) is 6.92 Å². The van der Waals surface area contributed by atoms with Gasteiger partial charge in [0, 0.05) is 5.56 Å². The van der Waals surface area contributed by atoms with Crippen LogP contribution in [0.2, 0.25) is 0 Å². The van der Waals surface area contributed by atoms with Gasteiger partial charge in [0.25, 0.3) is 11.8 Å². The molecule has 0 unspecified atom stereocenters. The van der Waals surface area contributed by atoms with Gasteiger partial charge in [0.05, 0.1) is 30.9 Å². The first-order chi connectivity index (χ1) is 15.0. The monoisotopic (exact) mass is 491 g/mol. The molecule has 2 aromatic rings. The van der Waals surface area contributed by atoms with Gasteiger partial charge in [0.15, 0.2) is 23.0 Å².